The van der Waals surface area contributed by atoms with E-state index in [2.05, 4.69) is 4.72 Å². The van der Waals surface area contributed by atoms with Crippen LogP contribution in [-0.4, -0.2) is 42.3 Å². The lowest BCUT2D eigenvalue weighted by Gasteiger charge is -2.16. The molecule has 0 atom stereocenters. The first kappa shape index (κ1) is 15.7. The van der Waals surface area contributed by atoms with Gasteiger partial charge in [-0.05, 0) is 18.2 Å². The summed E-state index contributed by atoms with van der Waals surface area (Å²) in [5, 5.41) is 4.98. The molecule has 1 rings (SSSR count). The molecule has 0 aliphatic carbocycles. The average Bonchev–Trinajstić information content (AvgIpc) is 2.27. The minimum atomic E-state index is -3.93. The first-order chi connectivity index (χ1) is 8.58. The number of sulfonamides is 1. The van der Waals surface area contributed by atoms with E-state index in [1.54, 1.807) is 0 Å². The lowest BCUT2D eigenvalue weighted by Crippen LogP contribution is -2.29. The second-order valence-corrected chi connectivity index (χ2v) is 7.24. The predicted octanol–water partition coefficient (Wildman–Crippen LogP) is -0.439. The minimum Gasteiger partial charge on any atom is -0.495 e. The van der Waals surface area contributed by atoms with Gasteiger partial charge in [-0.2, -0.15) is 12.7 Å². The number of nitrogens with zero attached hydrogens (tertiary/aromatic N) is 1. The first-order valence-electron chi connectivity index (χ1n) is 4.99. The van der Waals surface area contributed by atoms with Gasteiger partial charge in [0.25, 0.3) is 0 Å². The van der Waals surface area contributed by atoms with E-state index < -0.39 is 20.2 Å². The maximum Gasteiger partial charge on any atom is 0.301 e. The van der Waals surface area contributed by atoms with Crippen molar-refractivity contribution in [3.8, 4) is 5.75 Å². The van der Waals surface area contributed by atoms with Crippen LogP contribution in [0.25, 0.3) is 0 Å². The van der Waals surface area contributed by atoms with Gasteiger partial charge in [-0.15, -0.1) is 0 Å². The number of hydrogen-bond acceptors (Lipinski definition) is 5. The van der Waals surface area contributed by atoms with E-state index in [0.717, 1.165) is 10.4 Å². The topological polar surface area (TPSA) is 119 Å². The van der Waals surface area contributed by atoms with Gasteiger partial charge in [0, 0.05) is 14.1 Å². The van der Waals surface area contributed by atoms with Gasteiger partial charge in [0.2, 0.25) is 10.0 Å². The number of nitrogens with one attached hydrogen (secondary N) is 1. The SMILES string of the molecule is COc1ccc(S(N)(=O)=O)cc1NS(=O)(=O)N(C)C. The Kier molecular flexibility index (Phi) is 4.40. The number of primary sulfonamides is 1. The second kappa shape index (κ2) is 5.33. The van der Waals surface area contributed by atoms with Crippen molar-refractivity contribution in [1.82, 2.24) is 4.31 Å². The van der Waals surface area contributed by atoms with Gasteiger partial charge in [-0.1, -0.05) is 0 Å². The molecule has 0 aliphatic heterocycles. The highest BCUT2D eigenvalue weighted by Crippen LogP contribution is 2.28. The molecule has 0 bridgehead atoms. The summed E-state index contributed by atoms with van der Waals surface area (Å²) in [5.74, 6) is 0.179. The van der Waals surface area contributed by atoms with Gasteiger partial charge in [-0.3, -0.25) is 4.72 Å². The van der Waals surface area contributed by atoms with Crippen LogP contribution in [0.15, 0.2) is 23.1 Å². The Hall–Kier alpha value is -1.36. The molecule has 3 N–H and O–H groups in total. The van der Waals surface area contributed by atoms with Crippen molar-refractivity contribution in [2.45, 2.75) is 4.90 Å². The normalized spacial score (nSPS) is 12.5. The van der Waals surface area contributed by atoms with Crippen LogP contribution in [0.2, 0.25) is 0 Å². The van der Waals surface area contributed by atoms with E-state index in [9.17, 15) is 16.8 Å². The van der Waals surface area contributed by atoms with Crippen LogP contribution in [0.5, 0.6) is 5.75 Å². The molecule has 0 aliphatic rings. The van der Waals surface area contributed by atoms with Gasteiger partial charge in [0.1, 0.15) is 5.75 Å². The van der Waals surface area contributed by atoms with Crippen molar-refractivity contribution in [3.63, 3.8) is 0 Å². The first-order valence-corrected chi connectivity index (χ1v) is 7.97. The summed E-state index contributed by atoms with van der Waals surface area (Å²) >= 11 is 0. The second-order valence-electron chi connectivity index (χ2n) is 3.80. The van der Waals surface area contributed by atoms with E-state index in [1.165, 1.54) is 33.3 Å². The molecule has 0 radical (unpaired) electrons. The molecule has 108 valence electrons. The molecule has 0 spiro atoms. The Morgan fingerprint density at radius 1 is 1.21 bits per heavy atom. The highest BCUT2D eigenvalue weighted by molar-refractivity contribution is 7.90. The zero-order valence-electron chi connectivity index (χ0n) is 10.6. The number of nitrogens with two attached hydrogens (primary N) is 1. The minimum absolute atomic E-state index is 0.0114. The van der Waals surface area contributed by atoms with Gasteiger partial charge < -0.3 is 4.74 Å². The zero-order valence-corrected chi connectivity index (χ0v) is 12.2. The van der Waals surface area contributed by atoms with E-state index in [4.69, 9.17) is 9.88 Å². The third-order valence-corrected chi connectivity index (χ3v) is 4.57. The summed E-state index contributed by atoms with van der Waals surface area (Å²) in [7, 11) is -3.71. The Labute approximate surface area is 112 Å². The van der Waals surface area contributed by atoms with Crippen molar-refractivity contribution in [1.29, 1.82) is 0 Å². The smallest absolute Gasteiger partial charge is 0.301 e. The van der Waals surface area contributed by atoms with E-state index in [1.807, 2.05) is 0 Å². The van der Waals surface area contributed by atoms with Crippen molar-refractivity contribution in [2.75, 3.05) is 25.9 Å². The molecule has 1 aromatic carbocycles. The number of rotatable bonds is 5. The molecule has 0 unspecified atom stereocenters. The Morgan fingerprint density at radius 3 is 2.21 bits per heavy atom. The fourth-order valence-electron chi connectivity index (χ4n) is 1.17. The molecule has 0 saturated heterocycles. The van der Waals surface area contributed by atoms with Crippen LogP contribution in [0.3, 0.4) is 0 Å². The molecule has 8 nitrogen and oxygen atoms in total. The highest BCUT2D eigenvalue weighted by Gasteiger charge is 2.18. The third-order valence-electron chi connectivity index (χ3n) is 2.22. The summed E-state index contributed by atoms with van der Waals surface area (Å²) < 4.78 is 54.0. The van der Waals surface area contributed by atoms with Crippen LogP contribution in [0.4, 0.5) is 5.69 Å². The maximum absolute atomic E-state index is 11.7. The zero-order chi connectivity index (χ0) is 14.8. The van der Waals surface area contributed by atoms with Gasteiger partial charge in [0.05, 0.1) is 17.7 Å². The number of anilines is 1. The lowest BCUT2D eigenvalue weighted by atomic mass is 10.3. The number of ether oxygens (including phenoxy) is 1. The van der Waals surface area contributed by atoms with Crippen molar-refractivity contribution >= 4 is 25.9 Å². The van der Waals surface area contributed by atoms with Gasteiger partial charge >= 0.3 is 10.2 Å². The van der Waals surface area contributed by atoms with E-state index in [0.29, 0.717) is 0 Å². The monoisotopic (exact) mass is 309 g/mol. The highest BCUT2D eigenvalue weighted by atomic mass is 32.2. The largest absolute Gasteiger partial charge is 0.495 e. The molecule has 10 heteroatoms. The molecule has 0 fully saturated rings. The summed E-state index contributed by atoms with van der Waals surface area (Å²) in [6, 6.07) is 3.63. The predicted molar refractivity (Wildman–Crippen MR) is 70.6 cm³/mol. The molecule has 0 amide bonds. The molecule has 1 aromatic rings. The van der Waals surface area contributed by atoms with Crippen LogP contribution in [-0.2, 0) is 20.2 Å². The van der Waals surface area contributed by atoms with Crippen LogP contribution in [0.1, 0.15) is 0 Å². The van der Waals surface area contributed by atoms with E-state index >= 15 is 0 Å². The number of hydrogen-bond donors (Lipinski definition) is 2. The van der Waals surface area contributed by atoms with Crippen molar-refractivity contribution in [2.24, 2.45) is 5.14 Å². The Morgan fingerprint density at radius 2 is 1.79 bits per heavy atom. The standard InChI is InChI=1S/C9H15N3O5S2/c1-12(2)19(15,16)11-8-6-7(18(10,13)14)4-5-9(8)17-3/h4-6,11H,1-3H3,(H2,10,13,14). The fourth-order valence-corrected chi connectivity index (χ4v) is 2.33. The molecular weight excluding hydrogens is 294 g/mol. The number of benzene rings is 1. The van der Waals surface area contributed by atoms with Gasteiger partial charge in [-0.25, -0.2) is 13.6 Å². The third kappa shape index (κ3) is 3.80. The number of methoxy groups -OCH3 is 1. The molecule has 19 heavy (non-hydrogen) atoms. The fraction of sp³-hybridized carbons (Fsp3) is 0.333. The molecular formula is C9H15N3O5S2. The Bertz CT molecular complexity index is 667. The molecule has 0 aromatic heterocycles. The van der Waals surface area contributed by atoms with E-state index in [-0.39, 0.29) is 16.3 Å². The van der Waals surface area contributed by atoms with Crippen LogP contribution >= 0.6 is 0 Å². The maximum atomic E-state index is 11.7. The Balaban J connectivity index is 3.33. The summed E-state index contributed by atoms with van der Waals surface area (Å²) in [6.07, 6.45) is 0. The van der Waals surface area contributed by atoms with Gasteiger partial charge in [0.15, 0.2) is 0 Å². The summed E-state index contributed by atoms with van der Waals surface area (Å²) in [6.45, 7) is 0. The average molecular weight is 309 g/mol. The summed E-state index contributed by atoms with van der Waals surface area (Å²) in [4.78, 5) is -0.218. The van der Waals surface area contributed by atoms with Crippen LogP contribution < -0.4 is 14.6 Å². The molecule has 0 heterocycles. The van der Waals surface area contributed by atoms with Crippen molar-refractivity contribution < 1.29 is 21.6 Å². The summed E-state index contributed by atoms with van der Waals surface area (Å²) in [5.41, 5.74) is -0.0114. The quantitative estimate of drug-likeness (QED) is 0.764. The lowest BCUT2D eigenvalue weighted by molar-refractivity contribution is 0.416. The van der Waals surface area contributed by atoms with Crippen molar-refractivity contribution in [3.05, 3.63) is 18.2 Å². The molecule has 0 saturated carbocycles. The van der Waals surface area contributed by atoms with Crippen LogP contribution in [0, 0.1) is 0 Å².